The quantitative estimate of drug-likeness (QED) is 0.346. The van der Waals surface area contributed by atoms with Gasteiger partial charge in [0.05, 0.1) is 39.2 Å². The molecule has 0 bridgehead atoms. The van der Waals surface area contributed by atoms with Gasteiger partial charge < -0.3 is 24.3 Å². The number of benzene rings is 2. The molecule has 0 saturated heterocycles. The lowest BCUT2D eigenvalue weighted by Crippen LogP contribution is -2.37. The van der Waals surface area contributed by atoms with Crippen molar-refractivity contribution in [2.24, 2.45) is 0 Å². The lowest BCUT2D eigenvalue weighted by Gasteiger charge is -2.21. The molecule has 2 rings (SSSR count). The van der Waals surface area contributed by atoms with Crippen LogP contribution in [0, 0.1) is 0 Å². The molecule has 0 unspecified atom stereocenters. The standard InChI is InChI=1S/C26H32N2O8/c1-6-23(29)27-20-16-21(34-4)22(15-19(20)26(32)35-5)36-13-9-12-28(24(30)7-2)25(31)17-10-8-11-18(14-17)33-3/h8,10-11,14-16H,6-7,9,12-13H2,1-5H3,(H,27,29). The van der Waals surface area contributed by atoms with Gasteiger partial charge in [0.2, 0.25) is 11.8 Å². The third-order valence-electron chi connectivity index (χ3n) is 5.25. The number of rotatable bonds is 12. The molecule has 0 heterocycles. The second kappa shape index (κ2) is 13.7. The average molecular weight is 501 g/mol. The smallest absolute Gasteiger partial charge is 0.340 e. The van der Waals surface area contributed by atoms with Gasteiger partial charge in [-0.15, -0.1) is 0 Å². The summed E-state index contributed by atoms with van der Waals surface area (Å²) in [6.07, 6.45) is 0.715. The molecule has 1 N–H and O–H groups in total. The van der Waals surface area contributed by atoms with Crippen molar-refractivity contribution >= 4 is 29.4 Å². The molecule has 0 spiro atoms. The summed E-state index contributed by atoms with van der Waals surface area (Å²) in [5.74, 6) is -0.621. The fourth-order valence-electron chi connectivity index (χ4n) is 3.30. The number of carbonyl (C=O) groups excluding carboxylic acids is 4. The number of amides is 3. The molecule has 2 aromatic carbocycles. The number of imide groups is 1. The maximum absolute atomic E-state index is 13.0. The number of hydrogen-bond acceptors (Lipinski definition) is 8. The molecule has 0 radical (unpaired) electrons. The van der Waals surface area contributed by atoms with Gasteiger partial charge in [-0.2, -0.15) is 0 Å². The third kappa shape index (κ3) is 7.21. The SMILES string of the molecule is CCC(=O)Nc1cc(OC)c(OCCCN(C(=O)CC)C(=O)c2cccc(OC)c2)cc1C(=O)OC. The minimum absolute atomic E-state index is 0.103. The second-order valence-corrected chi connectivity index (χ2v) is 7.58. The van der Waals surface area contributed by atoms with Crippen LogP contribution in [0.5, 0.6) is 17.2 Å². The van der Waals surface area contributed by atoms with Gasteiger partial charge in [-0.05, 0) is 24.6 Å². The van der Waals surface area contributed by atoms with E-state index >= 15 is 0 Å². The Morgan fingerprint density at radius 3 is 2.28 bits per heavy atom. The van der Waals surface area contributed by atoms with E-state index in [-0.39, 0.29) is 54.8 Å². The number of methoxy groups -OCH3 is 3. The first kappa shape index (κ1) is 28.2. The minimum Gasteiger partial charge on any atom is -0.497 e. The predicted molar refractivity (Wildman–Crippen MR) is 133 cm³/mol. The number of nitrogens with zero attached hydrogens (tertiary/aromatic N) is 1. The molecule has 194 valence electrons. The molecule has 2 aromatic rings. The van der Waals surface area contributed by atoms with E-state index in [9.17, 15) is 19.2 Å². The highest BCUT2D eigenvalue weighted by molar-refractivity contribution is 6.05. The molecule has 36 heavy (non-hydrogen) atoms. The van der Waals surface area contributed by atoms with Crippen LogP contribution in [0.2, 0.25) is 0 Å². The molecule has 0 aliphatic carbocycles. The third-order valence-corrected chi connectivity index (χ3v) is 5.25. The van der Waals surface area contributed by atoms with E-state index in [0.29, 0.717) is 23.5 Å². The fraction of sp³-hybridized carbons (Fsp3) is 0.385. The molecule has 10 heteroatoms. The monoisotopic (exact) mass is 500 g/mol. The van der Waals surface area contributed by atoms with Crippen molar-refractivity contribution in [1.82, 2.24) is 4.90 Å². The Labute approximate surface area is 210 Å². The Morgan fingerprint density at radius 1 is 0.917 bits per heavy atom. The molecule has 0 fully saturated rings. The van der Waals surface area contributed by atoms with E-state index in [0.717, 1.165) is 0 Å². The largest absolute Gasteiger partial charge is 0.497 e. The number of esters is 1. The average Bonchev–Trinajstić information content (AvgIpc) is 2.91. The highest BCUT2D eigenvalue weighted by Gasteiger charge is 2.22. The van der Waals surface area contributed by atoms with Gasteiger partial charge in [0.1, 0.15) is 5.75 Å². The van der Waals surface area contributed by atoms with Crippen LogP contribution in [0.15, 0.2) is 36.4 Å². The van der Waals surface area contributed by atoms with Gasteiger partial charge >= 0.3 is 5.97 Å². The van der Waals surface area contributed by atoms with E-state index in [1.54, 1.807) is 38.1 Å². The maximum atomic E-state index is 13.0. The van der Waals surface area contributed by atoms with E-state index < -0.39 is 11.9 Å². The number of carbonyl (C=O) groups is 4. The Hall–Kier alpha value is -4.08. The van der Waals surface area contributed by atoms with Crippen molar-refractivity contribution in [3.05, 3.63) is 47.5 Å². The zero-order valence-corrected chi connectivity index (χ0v) is 21.2. The number of hydrogen-bond donors (Lipinski definition) is 1. The first-order valence-electron chi connectivity index (χ1n) is 11.5. The van der Waals surface area contributed by atoms with Gasteiger partial charge in [0.25, 0.3) is 5.91 Å². The Bertz CT molecular complexity index is 1100. The topological polar surface area (TPSA) is 120 Å². The van der Waals surface area contributed by atoms with E-state index in [4.69, 9.17) is 18.9 Å². The molecular weight excluding hydrogens is 468 g/mol. The van der Waals surface area contributed by atoms with Crippen molar-refractivity contribution in [2.75, 3.05) is 39.8 Å². The van der Waals surface area contributed by atoms with Crippen LogP contribution in [0.1, 0.15) is 53.8 Å². The number of nitrogens with one attached hydrogen (secondary N) is 1. The van der Waals surface area contributed by atoms with E-state index in [2.05, 4.69) is 5.32 Å². The molecule has 10 nitrogen and oxygen atoms in total. The Balaban J connectivity index is 2.17. The van der Waals surface area contributed by atoms with Gasteiger partial charge in [-0.3, -0.25) is 19.3 Å². The molecule has 0 aliphatic rings. The maximum Gasteiger partial charge on any atom is 0.340 e. The summed E-state index contributed by atoms with van der Waals surface area (Å²) in [6, 6.07) is 9.50. The molecule has 3 amide bonds. The minimum atomic E-state index is -0.655. The van der Waals surface area contributed by atoms with Crippen LogP contribution in [0.4, 0.5) is 5.69 Å². The molecular formula is C26H32N2O8. The van der Waals surface area contributed by atoms with Crippen molar-refractivity contribution in [3.8, 4) is 17.2 Å². The predicted octanol–water partition coefficient (Wildman–Crippen LogP) is 3.69. The molecule has 0 aliphatic heterocycles. The van der Waals surface area contributed by atoms with Gasteiger partial charge in [0.15, 0.2) is 11.5 Å². The highest BCUT2D eigenvalue weighted by Crippen LogP contribution is 2.34. The van der Waals surface area contributed by atoms with Gasteiger partial charge in [0, 0.05) is 37.1 Å². The van der Waals surface area contributed by atoms with Crippen LogP contribution in [0.25, 0.3) is 0 Å². The number of anilines is 1. The van der Waals surface area contributed by atoms with Crippen LogP contribution < -0.4 is 19.5 Å². The second-order valence-electron chi connectivity index (χ2n) is 7.58. The molecule has 0 aromatic heterocycles. The molecule has 0 saturated carbocycles. The number of ether oxygens (including phenoxy) is 4. The Kier molecular flexibility index (Phi) is 10.7. The van der Waals surface area contributed by atoms with Crippen LogP contribution in [-0.2, 0) is 14.3 Å². The van der Waals surface area contributed by atoms with Crippen LogP contribution >= 0.6 is 0 Å². The summed E-state index contributed by atoms with van der Waals surface area (Å²) in [6.45, 7) is 3.62. The summed E-state index contributed by atoms with van der Waals surface area (Å²) in [5, 5.41) is 2.65. The summed E-state index contributed by atoms with van der Waals surface area (Å²) < 4.78 is 21.2. The van der Waals surface area contributed by atoms with Crippen LogP contribution in [-0.4, -0.2) is 63.1 Å². The zero-order chi connectivity index (χ0) is 26.7. The lowest BCUT2D eigenvalue weighted by molar-refractivity contribution is -0.128. The van der Waals surface area contributed by atoms with Crippen molar-refractivity contribution in [2.45, 2.75) is 33.1 Å². The van der Waals surface area contributed by atoms with Crippen molar-refractivity contribution in [3.63, 3.8) is 0 Å². The van der Waals surface area contributed by atoms with Crippen molar-refractivity contribution < 1.29 is 38.1 Å². The van der Waals surface area contributed by atoms with E-state index in [1.165, 1.54) is 38.4 Å². The van der Waals surface area contributed by atoms with Gasteiger partial charge in [-0.25, -0.2) is 4.79 Å². The molecule has 0 atom stereocenters. The fourth-order valence-corrected chi connectivity index (χ4v) is 3.30. The zero-order valence-electron chi connectivity index (χ0n) is 21.2. The first-order chi connectivity index (χ1) is 17.3. The first-order valence-corrected chi connectivity index (χ1v) is 11.5. The van der Waals surface area contributed by atoms with Gasteiger partial charge in [-0.1, -0.05) is 19.9 Å². The summed E-state index contributed by atoms with van der Waals surface area (Å²) in [7, 11) is 4.16. The summed E-state index contributed by atoms with van der Waals surface area (Å²) in [4.78, 5) is 50.8. The van der Waals surface area contributed by atoms with Crippen molar-refractivity contribution in [1.29, 1.82) is 0 Å². The summed E-state index contributed by atoms with van der Waals surface area (Å²) >= 11 is 0. The lowest BCUT2D eigenvalue weighted by atomic mass is 10.1. The van der Waals surface area contributed by atoms with E-state index in [1.807, 2.05) is 0 Å². The Morgan fingerprint density at radius 2 is 1.67 bits per heavy atom. The normalized spacial score (nSPS) is 10.2. The highest BCUT2D eigenvalue weighted by atomic mass is 16.5. The summed E-state index contributed by atoms with van der Waals surface area (Å²) in [5.41, 5.74) is 0.679. The van der Waals surface area contributed by atoms with Crippen LogP contribution in [0.3, 0.4) is 0 Å².